The van der Waals surface area contributed by atoms with Crippen molar-refractivity contribution >= 4 is 34.4 Å². The number of ether oxygens (including phenoxy) is 1. The fourth-order valence-corrected chi connectivity index (χ4v) is 5.03. The van der Waals surface area contributed by atoms with E-state index >= 15 is 0 Å². The van der Waals surface area contributed by atoms with Crippen LogP contribution in [0.25, 0.3) is 10.9 Å². The Bertz CT molecular complexity index is 1530. The predicted octanol–water partition coefficient (Wildman–Crippen LogP) is 4.35. The van der Waals surface area contributed by atoms with Crippen molar-refractivity contribution in [3.05, 3.63) is 73.4 Å². The van der Waals surface area contributed by atoms with E-state index in [1.807, 2.05) is 13.0 Å². The molecule has 37 heavy (non-hydrogen) atoms. The van der Waals surface area contributed by atoms with Crippen LogP contribution in [0.1, 0.15) is 55.5 Å². The summed E-state index contributed by atoms with van der Waals surface area (Å²) in [6.45, 7) is 4.70. The summed E-state index contributed by atoms with van der Waals surface area (Å²) in [6, 6.07) is 11.1. The highest BCUT2D eigenvalue weighted by atomic mass is 35.5. The number of ketones is 1. The van der Waals surface area contributed by atoms with Gasteiger partial charge >= 0.3 is 11.8 Å². The molecule has 0 spiro atoms. The molecule has 1 amide bonds. The number of Topliss-reactive ketones (excluding diaryl/α,β-unsaturated/α-hetero) is 1. The van der Waals surface area contributed by atoms with Gasteiger partial charge in [-0.25, -0.2) is 9.59 Å². The lowest BCUT2D eigenvalue weighted by molar-refractivity contribution is 0.0962. The number of amides is 1. The molecule has 9 nitrogen and oxygen atoms in total. The van der Waals surface area contributed by atoms with Crippen molar-refractivity contribution in [1.82, 2.24) is 14.0 Å². The number of fused-ring (bicyclic) bond motifs is 1. The molecule has 3 aromatic rings. The number of benzene rings is 2. The van der Waals surface area contributed by atoms with E-state index in [1.165, 1.54) is 22.8 Å². The van der Waals surface area contributed by atoms with E-state index in [-0.39, 0.29) is 41.3 Å². The van der Waals surface area contributed by atoms with E-state index < -0.39 is 11.7 Å². The average Bonchev–Trinajstić information content (AvgIpc) is 3.37. The zero-order valence-electron chi connectivity index (χ0n) is 20.7. The van der Waals surface area contributed by atoms with Crippen LogP contribution >= 0.6 is 11.6 Å². The number of nitriles is 1. The van der Waals surface area contributed by atoms with Crippen molar-refractivity contribution in [2.75, 3.05) is 6.54 Å². The van der Waals surface area contributed by atoms with Crippen LogP contribution in [-0.2, 0) is 13.1 Å². The van der Waals surface area contributed by atoms with Crippen LogP contribution in [0, 0.1) is 11.3 Å². The summed E-state index contributed by atoms with van der Waals surface area (Å²) in [5.74, 6) is 0.0998. The molecular weight excluding hydrogens is 496 g/mol. The summed E-state index contributed by atoms with van der Waals surface area (Å²) in [7, 11) is 0. The van der Waals surface area contributed by atoms with Gasteiger partial charge in [0.15, 0.2) is 5.78 Å². The molecule has 0 radical (unpaired) electrons. The molecule has 4 rings (SSSR count). The quantitative estimate of drug-likeness (QED) is 0.426. The fraction of sp³-hybridized carbons (Fsp3) is 0.370. The summed E-state index contributed by atoms with van der Waals surface area (Å²) in [5.41, 5.74) is 0.428. The summed E-state index contributed by atoms with van der Waals surface area (Å²) in [5, 5.41) is 9.54. The molecule has 192 valence electrons. The van der Waals surface area contributed by atoms with E-state index in [4.69, 9.17) is 21.6 Å². The van der Waals surface area contributed by atoms with Crippen molar-refractivity contribution in [2.24, 2.45) is 0 Å². The molecule has 1 fully saturated rings. The molecule has 2 heterocycles. The lowest BCUT2D eigenvalue weighted by Crippen LogP contribution is -2.39. The molecule has 1 unspecified atom stereocenters. The van der Waals surface area contributed by atoms with Crippen LogP contribution in [0.5, 0.6) is 5.75 Å². The van der Waals surface area contributed by atoms with Crippen LogP contribution in [0.2, 0.25) is 5.02 Å². The summed E-state index contributed by atoms with van der Waals surface area (Å²) < 4.78 is 8.29. The van der Waals surface area contributed by atoms with Crippen LogP contribution in [0.4, 0.5) is 4.79 Å². The highest BCUT2D eigenvalue weighted by molar-refractivity contribution is 6.32. The van der Waals surface area contributed by atoms with Gasteiger partial charge in [-0.15, -0.1) is 0 Å². The smallest absolute Gasteiger partial charge is 0.410 e. The van der Waals surface area contributed by atoms with Gasteiger partial charge in [0.25, 0.3) is 5.56 Å². The lowest BCUT2D eigenvalue weighted by Gasteiger charge is -2.24. The Morgan fingerprint density at radius 1 is 1.11 bits per heavy atom. The Morgan fingerprint density at radius 2 is 1.86 bits per heavy atom. The number of carbonyl (C=O) groups is 2. The molecular formula is C27H27ClN4O5. The SMILES string of the molecule is CCn1c(=O)c2cc(OC(=O)N3CCCC3CCC(=O)c3ccc(C#N)c(Cl)c3)ccc2n(CC)c1=O. The molecule has 0 N–H and O–H groups in total. The Balaban J connectivity index is 1.48. The van der Waals surface area contributed by atoms with Gasteiger partial charge in [-0.3, -0.25) is 18.7 Å². The second-order valence-corrected chi connectivity index (χ2v) is 9.29. The first-order chi connectivity index (χ1) is 17.8. The van der Waals surface area contributed by atoms with Crippen LogP contribution in [0.15, 0.2) is 46.0 Å². The van der Waals surface area contributed by atoms with E-state index in [0.29, 0.717) is 41.5 Å². The van der Waals surface area contributed by atoms with Crippen LogP contribution < -0.4 is 16.0 Å². The summed E-state index contributed by atoms with van der Waals surface area (Å²) >= 11 is 6.05. The molecule has 0 saturated carbocycles. The molecule has 0 bridgehead atoms. The number of aryl methyl sites for hydroxylation is 1. The maximum absolute atomic E-state index is 13.0. The Hall–Kier alpha value is -3.90. The van der Waals surface area contributed by atoms with Crippen molar-refractivity contribution in [2.45, 2.75) is 58.7 Å². The van der Waals surface area contributed by atoms with Crippen molar-refractivity contribution in [3.8, 4) is 11.8 Å². The number of rotatable bonds is 7. The fourth-order valence-electron chi connectivity index (χ4n) is 4.81. The van der Waals surface area contributed by atoms with Crippen molar-refractivity contribution < 1.29 is 14.3 Å². The lowest BCUT2D eigenvalue weighted by atomic mass is 10.0. The van der Waals surface area contributed by atoms with Gasteiger partial charge in [-0.2, -0.15) is 5.26 Å². The Morgan fingerprint density at radius 3 is 2.54 bits per heavy atom. The third-order valence-electron chi connectivity index (χ3n) is 6.76. The minimum Gasteiger partial charge on any atom is -0.410 e. The number of hydrogen-bond donors (Lipinski definition) is 0. The maximum Gasteiger partial charge on any atom is 0.415 e. The molecule has 1 aliphatic rings. The number of halogens is 1. The van der Waals surface area contributed by atoms with Gasteiger partial charge in [-0.05, 0) is 69.5 Å². The Labute approximate surface area is 218 Å². The second kappa shape index (κ2) is 11.0. The predicted molar refractivity (Wildman–Crippen MR) is 139 cm³/mol. The maximum atomic E-state index is 13.0. The summed E-state index contributed by atoms with van der Waals surface area (Å²) in [6.07, 6.45) is 1.68. The van der Waals surface area contributed by atoms with Gasteiger partial charge in [0, 0.05) is 37.7 Å². The van der Waals surface area contributed by atoms with Gasteiger partial charge in [0.1, 0.15) is 11.8 Å². The van der Waals surface area contributed by atoms with E-state index in [1.54, 1.807) is 30.0 Å². The topological polar surface area (TPSA) is 114 Å². The molecule has 1 saturated heterocycles. The molecule has 2 aromatic carbocycles. The molecule has 0 aliphatic carbocycles. The van der Waals surface area contributed by atoms with Gasteiger partial charge in [0.2, 0.25) is 0 Å². The number of hydrogen-bond acceptors (Lipinski definition) is 6. The van der Waals surface area contributed by atoms with Gasteiger partial charge in [-0.1, -0.05) is 11.6 Å². The highest BCUT2D eigenvalue weighted by Crippen LogP contribution is 2.26. The first kappa shape index (κ1) is 26.2. The molecule has 10 heteroatoms. The van der Waals surface area contributed by atoms with E-state index in [9.17, 15) is 19.2 Å². The molecule has 1 aliphatic heterocycles. The van der Waals surface area contributed by atoms with Crippen LogP contribution in [-0.4, -0.2) is 38.5 Å². The van der Waals surface area contributed by atoms with Crippen molar-refractivity contribution in [1.29, 1.82) is 5.26 Å². The molecule has 1 atom stereocenters. The minimum absolute atomic E-state index is 0.115. The monoisotopic (exact) mass is 522 g/mol. The number of carbonyl (C=O) groups excluding carboxylic acids is 2. The minimum atomic E-state index is -0.546. The first-order valence-electron chi connectivity index (χ1n) is 12.3. The third kappa shape index (κ3) is 5.16. The van der Waals surface area contributed by atoms with Gasteiger partial charge < -0.3 is 9.64 Å². The highest BCUT2D eigenvalue weighted by Gasteiger charge is 2.30. The number of likely N-dealkylation sites (tertiary alicyclic amines) is 1. The number of aromatic nitrogens is 2. The molecule has 1 aromatic heterocycles. The Kier molecular flexibility index (Phi) is 7.79. The zero-order chi connectivity index (χ0) is 26.7. The third-order valence-corrected chi connectivity index (χ3v) is 7.07. The largest absolute Gasteiger partial charge is 0.415 e. The van der Waals surface area contributed by atoms with Crippen LogP contribution in [0.3, 0.4) is 0 Å². The van der Waals surface area contributed by atoms with E-state index in [2.05, 4.69) is 0 Å². The van der Waals surface area contributed by atoms with Crippen molar-refractivity contribution in [3.63, 3.8) is 0 Å². The van der Waals surface area contributed by atoms with E-state index in [0.717, 1.165) is 17.4 Å². The average molecular weight is 523 g/mol. The zero-order valence-corrected chi connectivity index (χ0v) is 21.5. The normalized spacial score (nSPS) is 15.1. The standard InChI is InChI=1S/C27H27ClN4O5/c1-3-30-23-11-10-20(15-21(23)25(34)31(4-2)26(30)35)37-27(36)32-13-5-6-19(32)9-12-24(33)17-7-8-18(16-29)22(28)14-17/h7-8,10-11,14-15,19H,3-6,9,12-13H2,1-2H3. The first-order valence-corrected chi connectivity index (χ1v) is 12.7. The summed E-state index contributed by atoms with van der Waals surface area (Å²) in [4.78, 5) is 52.7. The second-order valence-electron chi connectivity index (χ2n) is 8.88. The number of nitrogens with zero attached hydrogens (tertiary/aromatic N) is 4. The van der Waals surface area contributed by atoms with Gasteiger partial charge in [0.05, 0.1) is 21.5 Å².